The molecule has 0 bridgehead atoms. The van der Waals surface area contributed by atoms with Gasteiger partial charge in [-0.3, -0.25) is 9.69 Å². The van der Waals surface area contributed by atoms with Crippen molar-refractivity contribution in [1.82, 2.24) is 9.80 Å². The third-order valence-electron chi connectivity index (χ3n) is 2.64. The van der Waals surface area contributed by atoms with Crippen LogP contribution in [-0.2, 0) is 11.3 Å². The maximum Gasteiger partial charge on any atom is 0.327 e. The highest BCUT2D eigenvalue weighted by atomic mass is 19.1. The van der Waals surface area contributed by atoms with Gasteiger partial charge in [0.1, 0.15) is 12.4 Å². The molecule has 1 aliphatic heterocycles. The highest BCUT2D eigenvalue weighted by molar-refractivity contribution is 6.01. The number of likely N-dealkylation sites (N-methyl/N-ethyl adjacent to an activating group) is 1. The fraction of sp³-hybridized carbons (Fsp3) is 0.273. The van der Waals surface area contributed by atoms with Crippen LogP contribution in [0.25, 0.3) is 0 Å². The minimum atomic E-state index is -0.546. The molecule has 1 fully saturated rings. The van der Waals surface area contributed by atoms with Crippen LogP contribution in [0, 0.1) is 5.82 Å². The van der Waals surface area contributed by atoms with E-state index in [0.717, 1.165) is 4.90 Å². The first-order valence-electron chi connectivity index (χ1n) is 5.08. The van der Waals surface area contributed by atoms with E-state index in [-0.39, 0.29) is 30.7 Å². The number of halogens is 1. The maximum absolute atomic E-state index is 13.2. The molecule has 2 rings (SSSR count). The molecule has 6 heteroatoms. The van der Waals surface area contributed by atoms with E-state index in [2.05, 4.69) is 0 Å². The average molecular weight is 237 g/mol. The van der Waals surface area contributed by atoms with Crippen LogP contribution in [0.5, 0.6) is 0 Å². The van der Waals surface area contributed by atoms with E-state index >= 15 is 0 Å². The van der Waals surface area contributed by atoms with Crippen LogP contribution in [0.3, 0.4) is 0 Å². The van der Waals surface area contributed by atoms with Crippen LogP contribution in [0.1, 0.15) is 5.56 Å². The molecule has 3 amide bonds. The number of rotatable bonds is 2. The zero-order valence-corrected chi connectivity index (χ0v) is 9.31. The first-order chi connectivity index (χ1) is 7.99. The number of urea groups is 1. The van der Waals surface area contributed by atoms with Crippen molar-refractivity contribution in [3.8, 4) is 0 Å². The number of nitrogen functional groups attached to an aromatic ring is 1. The molecule has 0 aromatic heterocycles. The summed E-state index contributed by atoms with van der Waals surface area (Å²) in [6.45, 7) is 0.134. The van der Waals surface area contributed by atoms with Crippen molar-refractivity contribution in [2.24, 2.45) is 0 Å². The molecule has 1 aromatic carbocycles. The van der Waals surface area contributed by atoms with Gasteiger partial charge in [0.2, 0.25) is 0 Å². The number of amides is 3. The summed E-state index contributed by atoms with van der Waals surface area (Å²) in [5.74, 6) is -0.829. The van der Waals surface area contributed by atoms with E-state index < -0.39 is 5.82 Å². The van der Waals surface area contributed by atoms with Gasteiger partial charge in [-0.2, -0.15) is 0 Å². The molecule has 0 saturated carbocycles. The molecule has 0 aliphatic carbocycles. The van der Waals surface area contributed by atoms with E-state index in [0.29, 0.717) is 5.56 Å². The summed E-state index contributed by atoms with van der Waals surface area (Å²) < 4.78 is 13.2. The predicted molar refractivity (Wildman–Crippen MR) is 59.4 cm³/mol. The summed E-state index contributed by atoms with van der Waals surface area (Å²) in [4.78, 5) is 25.5. The highest BCUT2D eigenvalue weighted by Gasteiger charge is 2.33. The number of imide groups is 1. The number of nitrogens with two attached hydrogens (primary N) is 1. The second kappa shape index (κ2) is 4.04. The van der Waals surface area contributed by atoms with Gasteiger partial charge in [0, 0.05) is 7.05 Å². The Morgan fingerprint density at radius 2 is 2.12 bits per heavy atom. The lowest BCUT2D eigenvalue weighted by molar-refractivity contribution is -0.125. The van der Waals surface area contributed by atoms with Gasteiger partial charge in [-0.1, -0.05) is 6.07 Å². The van der Waals surface area contributed by atoms with Crippen molar-refractivity contribution in [2.45, 2.75) is 6.54 Å². The Kier molecular flexibility index (Phi) is 2.71. The summed E-state index contributed by atoms with van der Waals surface area (Å²) in [6, 6.07) is 3.87. The van der Waals surface area contributed by atoms with Gasteiger partial charge < -0.3 is 10.6 Å². The molecule has 0 unspecified atom stereocenters. The first kappa shape index (κ1) is 11.4. The first-order valence-corrected chi connectivity index (χ1v) is 5.08. The highest BCUT2D eigenvalue weighted by Crippen LogP contribution is 2.16. The van der Waals surface area contributed by atoms with E-state index in [9.17, 15) is 14.0 Å². The SMILES string of the molecule is CN1CC(=O)N(Cc2ccc(N)c(F)c2)C1=O. The third kappa shape index (κ3) is 2.06. The molecule has 5 nitrogen and oxygen atoms in total. The lowest BCUT2D eigenvalue weighted by Crippen LogP contribution is -2.31. The summed E-state index contributed by atoms with van der Waals surface area (Å²) >= 11 is 0. The number of carbonyl (C=O) groups excluding carboxylic acids is 2. The van der Waals surface area contributed by atoms with Crippen molar-refractivity contribution < 1.29 is 14.0 Å². The van der Waals surface area contributed by atoms with Gasteiger partial charge in [-0.05, 0) is 17.7 Å². The van der Waals surface area contributed by atoms with Gasteiger partial charge >= 0.3 is 6.03 Å². The molecule has 1 aliphatic rings. The van der Waals surface area contributed by atoms with Gasteiger partial charge in [0.15, 0.2) is 0 Å². The number of hydrogen-bond donors (Lipinski definition) is 1. The summed E-state index contributed by atoms with van der Waals surface area (Å²) in [6.07, 6.45) is 0. The Labute approximate surface area is 97.6 Å². The van der Waals surface area contributed by atoms with Crippen LogP contribution in [0.15, 0.2) is 18.2 Å². The molecular formula is C11H12FN3O2. The smallest absolute Gasteiger partial charge is 0.327 e. The zero-order chi connectivity index (χ0) is 12.6. The molecule has 1 saturated heterocycles. The second-order valence-electron chi connectivity index (χ2n) is 3.97. The Hall–Kier alpha value is -2.11. The van der Waals surface area contributed by atoms with Gasteiger partial charge in [-0.15, -0.1) is 0 Å². The standard InChI is InChI=1S/C11H12FN3O2/c1-14-6-10(16)15(11(14)17)5-7-2-3-9(13)8(12)4-7/h2-4H,5-6,13H2,1H3. The second-order valence-corrected chi connectivity index (χ2v) is 3.97. The van der Waals surface area contributed by atoms with Crippen LogP contribution in [0.2, 0.25) is 0 Å². The van der Waals surface area contributed by atoms with E-state index in [1.54, 1.807) is 13.1 Å². The van der Waals surface area contributed by atoms with Crippen molar-refractivity contribution in [2.75, 3.05) is 19.3 Å². The molecule has 17 heavy (non-hydrogen) atoms. The monoisotopic (exact) mass is 237 g/mol. The molecule has 90 valence electrons. The fourth-order valence-corrected chi connectivity index (χ4v) is 1.68. The number of anilines is 1. The van der Waals surface area contributed by atoms with E-state index in [1.807, 2.05) is 0 Å². The van der Waals surface area contributed by atoms with Crippen molar-refractivity contribution in [3.05, 3.63) is 29.6 Å². The molecule has 2 N–H and O–H groups in total. The Morgan fingerprint density at radius 3 is 2.65 bits per heavy atom. The normalized spacial score (nSPS) is 15.9. The predicted octanol–water partition coefficient (Wildman–Crippen LogP) is 0.802. The Morgan fingerprint density at radius 1 is 1.41 bits per heavy atom. The van der Waals surface area contributed by atoms with Crippen molar-refractivity contribution >= 4 is 17.6 Å². The molecule has 1 heterocycles. The Balaban J connectivity index is 2.18. The minimum absolute atomic E-state index is 0.0462. The molecular weight excluding hydrogens is 225 g/mol. The molecule has 0 atom stereocenters. The summed E-state index contributed by atoms with van der Waals surface area (Å²) in [5.41, 5.74) is 5.92. The number of benzene rings is 1. The molecule has 0 radical (unpaired) electrons. The largest absolute Gasteiger partial charge is 0.396 e. The van der Waals surface area contributed by atoms with Crippen LogP contribution >= 0.6 is 0 Å². The van der Waals surface area contributed by atoms with Crippen molar-refractivity contribution in [3.63, 3.8) is 0 Å². The van der Waals surface area contributed by atoms with Crippen molar-refractivity contribution in [1.29, 1.82) is 0 Å². The Bertz CT molecular complexity index is 490. The number of hydrogen-bond acceptors (Lipinski definition) is 3. The van der Waals surface area contributed by atoms with E-state index in [1.165, 1.54) is 17.0 Å². The van der Waals surface area contributed by atoms with Crippen LogP contribution in [0.4, 0.5) is 14.9 Å². The third-order valence-corrected chi connectivity index (χ3v) is 2.64. The van der Waals surface area contributed by atoms with Gasteiger partial charge in [0.05, 0.1) is 12.2 Å². The van der Waals surface area contributed by atoms with Gasteiger partial charge in [-0.25, -0.2) is 9.18 Å². The zero-order valence-electron chi connectivity index (χ0n) is 9.31. The lowest BCUT2D eigenvalue weighted by atomic mass is 10.2. The number of nitrogens with zero attached hydrogens (tertiary/aromatic N) is 2. The maximum atomic E-state index is 13.2. The quantitative estimate of drug-likeness (QED) is 0.611. The van der Waals surface area contributed by atoms with Gasteiger partial charge in [0.25, 0.3) is 5.91 Å². The van der Waals surface area contributed by atoms with E-state index in [4.69, 9.17) is 5.73 Å². The summed E-state index contributed by atoms with van der Waals surface area (Å²) in [5, 5.41) is 0. The fourth-order valence-electron chi connectivity index (χ4n) is 1.68. The number of carbonyl (C=O) groups is 2. The topological polar surface area (TPSA) is 66.6 Å². The minimum Gasteiger partial charge on any atom is -0.396 e. The summed E-state index contributed by atoms with van der Waals surface area (Å²) in [7, 11) is 1.55. The molecule has 1 aromatic rings. The molecule has 0 spiro atoms. The van der Waals surface area contributed by atoms with Crippen LogP contribution in [-0.4, -0.2) is 35.3 Å². The van der Waals surface area contributed by atoms with Crippen LogP contribution < -0.4 is 5.73 Å². The average Bonchev–Trinajstić information content (AvgIpc) is 2.50. The lowest BCUT2D eigenvalue weighted by Gasteiger charge is -2.14.